The lowest BCUT2D eigenvalue weighted by atomic mass is 9.96. The summed E-state index contributed by atoms with van der Waals surface area (Å²) in [6.07, 6.45) is 3.09. The molecule has 3 heterocycles. The van der Waals surface area contributed by atoms with Crippen LogP contribution < -0.4 is 15.5 Å². The maximum atomic E-state index is 13.9. The number of hydrogen-bond acceptors (Lipinski definition) is 7. The van der Waals surface area contributed by atoms with Crippen LogP contribution in [0.4, 0.5) is 17.1 Å². The van der Waals surface area contributed by atoms with Crippen molar-refractivity contribution < 1.29 is 19.1 Å². The van der Waals surface area contributed by atoms with Crippen molar-refractivity contribution in [3.05, 3.63) is 103 Å². The molecule has 1 unspecified atom stereocenters. The van der Waals surface area contributed by atoms with Gasteiger partial charge in [-0.1, -0.05) is 48.5 Å². The monoisotopic (exact) mass is 561 g/mol. The molecule has 0 bridgehead atoms. The highest BCUT2D eigenvalue weighted by molar-refractivity contribution is 6.17. The Bertz CT molecular complexity index is 1670. The average Bonchev–Trinajstić information content (AvgIpc) is 3.37. The van der Waals surface area contributed by atoms with Crippen molar-refractivity contribution in [2.45, 2.75) is 31.8 Å². The molecule has 212 valence electrons. The number of para-hydroxylation sites is 2. The Morgan fingerprint density at radius 1 is 0.810 bits per heavy atom. The van der Waals surface area contributed by atoms with Crippen LogP contribution >= 0.6 is 0 Å². The van der Waals surface area contributed by atoms with E-state index in [9.17, 15) is 9.59 Å². The van der Waals surface area contributed by atoms with Crippen molar-refractivity contribution in [1.82, 2.24) is 9.97 Å². The highest BCUT2D eigenvalue weighted by Gasteiger charge is 2.35. The minimum absolute atomic E-state index is 0.258. The van der Waals surface area contributed by atoms with Gasteiger partial charge in [0.15, 0.2) is 12.0 Å². The molecule has 6 rings (SSSR count). The van der Waals surface area contributed by atoms with E-state index in [2.05, 4.69) is 20.6 Å². The van der Waals surface area contributed by atoms with E-state index in [1.165, 1.54) is 0 Å². The summed E-state index contributed by atoms with van der Waals surface area (Å²) >= 11 is 0. The number of rotatable bonds is 7. The molecule has 1 saturated heterocycles. The zero-order chi connectivity index (χ0) is 29.3. The van der Waals surface area contributed by atoms with Crippen molar-refractivity contribution >= 4 is 50.7 Å². The number of nitrogens with one attached hydrogen (secondary N) is 2. The van der Waals surface area contributed by atoms with E-state index in [0.29, 0.717) is 34.6 Å². The number of likely N-dealkylation sites (N-methyl/N-ethyl adjacent to an activating group) is 1. The van der Waals surface area contributed by atoms with Crippen molar-refractivity contribution in [3.8, 4) is 0 Å². The molecular weight excluding hydrogens is 530 g/mol. The average molecular weight is 562 g/mol. The number of benzene rings is 3. The maximum Gasteiger partial charge on any atom is 0.241 e. The summed E-state index contributed by atoms with van der Waals surface area (Å²) < 4.78 is 11.7. The van der Waals surface area contributed by atoms with E-state index in [1.54, 1.807) is 36.7 Å². The minimum Gasteiger partial charge on any atom is -0.347 e. The minimum atomic E-state index is -1.16. The summed E-state index contributed by atoms with van der Waals surface area (Å²) in [5.41, 5.74) is 3.74. The second-order valence-corrected chi connectivity index (χ2v) is 10.7. The number of anilines is 3. The number of carbonyl (C=O) groups excluding carboxylic acids is 2. The molecular formula is C33H31N5O4. The lowest BCUT2D eigenvalue weighted by Crippen LogP contribution is -2.35. The van der Waals surface area contributed by atoms with Crippen molar-refractivity contribution in [1.29, 1.82) is 0 Å². The Morgan fingerprint density at radius 2 is 1.33 bits per heavy atom. The molecule has 1 fully saturated rings. The van der Waals surface area contributed by atoms with Crippen LogP contribution in [0, 0.1) is 0 Å². The Balaban J connectivity index is 1.32. The number of fused-ring (bicyclic) bond motifs is 2. The van der Waals surface area contributed by atoms with Crippen LogP contribution in [0.25, 0.3) is 21.8 Å². The third-order valence-electron chi connectivity index (χ3n) is 7.36. The molecule has 3 aromatic carbocycles. The molecule has 1 aliphatic rings. The Morgan fingerprint density at radius 3 is 1.83 bits per heavy atom. The van der Waals surface area contributed by atoms with Gasteiger partial charge in [0, 0.05) is 35.9 Å². The molecule has 0 spiro atoms. The molecule has 1 aliphatic heterocycles. The van der Waals surface area contributed by atoms with E-state index < -0.39 is 23.5 Å². The Kier molecular flexibility index (Phi) is 7.28. The second-order valence-electron chi connectivity index (χ2n) is 10.7. The normalized spacial score (nSPS) is 16.0. The molecule has 2 aromatic heterocycles. The van der Waals surface area contributed by atoms with E-state index in [0.717, 1.165) is 16.5 Å². The van der Waals surface area contributed by atoms with Crippen LogP contribution in [0.2, 0.25) is 0 Å². The summed E-state index contributed by atoms with van der Waals surface area (Å²) in [7, 11) is 1.92. The first-order chi connectivity index (χ1) is 20.3. The van der Waals surface area contributed by atoms with Crippen LogP contribution in [0.1, 0.15) is 25.3 Å². The predicted molar refractivity (Wildman–Crippen MR) is 163 cm³/mol. The van der Waals surface area contributed by atoms with Gasteiger partial charge in [0.25, 0.3) is 0 Å². The highest BCUT2D eigenvalue weighted by Crippen LogP contribution is 2.30. The van der Waals surface area contributed by atoms with Gasteiger partial charge >= 0.3 is 0 Å². The second kappa shape index (κ2) is 11.2. The van der Waals surface area contributed by atoms with Crippen LogP contribution in [0.3, 0.4) is 0 Å². The number of amides is 2. The molecule has 0 aliphatic carbocycles. The predicted octanol–water partition coefficient (Wildman–Crippen LogP) is 5.69. The van der Waals surface area contributed by atoms with Crippen LogP contribution in [-0.4, -0.2) is 47.5 Å². The van der Waals surface area contributed by atoms with Gasteiger partial charge in [0.05, 0.1) is 29.0 Å². The molecule has 9 heteroatoms. The summed E-state index contributed by atoms with van der Waals surface area (Å²) in [4.78, 5) is 38.6. The molecule has 9 nitrogen and oxygen atoms in total. The van der Waals surface area contributed by atoms with Gasteiger partial charge in [-0.15, -0.1) is 0 Å². The number of nitrogens with zero attached hydrogens (tertiary/aromatic N) is 3. The Labute approximate surface area is 243 Å². The molecule has 0 saturated carbocycles. The van der Waals surface area contributed by atoms with Crippen LogP contribution in [0.15, 0.2) is 97.3 Å². The largest absolute Gasteiger partial charge is 0.347 e. The molecule has 2 N–H and O–H groups in total. The van der Waals surface area contributed by atoms with Gasteiger partial charge in [-0.3, -0.25) is 19.6 Å². The fourth-order valence-corrected chi connectivity index (χ4v) is 5.17. The van der Waals surface area contributed by atoms with Gasteiger partial charge < -0.3 is 25.0 Å². The topological polar surface area (TPSA) is 106 Å². The SMILES string of the molecule is CN(c1ccc(C(C(=O)Nc2cccc3cccnc23)C(=O)Nc2cccc3cccnc23)cc1)C1COC(C)(C)O1. The van der Waals surface area contributed by atoms with E-state index in [1.807, 2.05) is 86.5 Å². The van der Waals surface area contributed by atoms with E-state index >= 15 is 0 Å². The summed E-state index contributed by atoms with van der Waals surface area (Å²) in [6.45, 7) is 4.18. The zero-order valence-corrected chi connectivity index (χ0v) is 23.6. The first-order valence-electron chi connectivity index (χ1n) is 13.7. The van der Waals surface area contributed by atoms with Gasteiger partial charge in [0.1, 0.15) is 5.92 Å². The maximum absolute atomic E-state index is 13.9. The molecule has 2 amide bonds. The Hall–Kier alpha value is -4.86. The summed E-state index contributed by atoms with van der Waals surface area (Å²) in [5.74, 6) is -2.77. The van der Waals surface area contributed by atoms with E-state index in [-0.39, 0.29) is 6.23 Å². The molecule has 42 heavy (non-hydrogen) atoms. The first-order valence-corrected chi connectivity index (χ1v) is 13.7. The lowest BCUT2D eigenvalue weighted by Gasteiger charge is -2.27. The number of hydrogen-bond donors (Lipinski definition) is 2. The van der Waals surface area contributed by atoms with Crippen LogP contribution in [-0.2, 0) is 19.1 Å². The molecule has 5 aromatic rings. The first kappa shape index (κ1) is 27.3. The number of aromatic nitrogens is 2. The van der Waals surface area contributed by atoms with Crippen molar-refractivity contribution in [2.75, 3.05) is 29.2 Å². The third kappa shape index (κ3) is 5.52. The van der Waals surface area contributed by atoms with Gasteiger partial charge in [-0.25, -0.2) is 0 Å². The molecule has 0 radical (unpaired) electrons. The fraction of sp³-hybridized carbons (Fsp3) is 0.212. The van der Waals surface area contributed by atoms with Crippen molar-refractivity contribution in [2.24, 2.45) is 0 Å². The number of pyridine rings is 2. The number of ether oxygens (including phenoxy) is 2. The smallest absolute Gasteiger partial charge is 0.241 e. The van der Waals surface area contributed by atoms with Crippen LogP contribution in [0.5, 0.6) is 0 Å². The van der Waals surface area contributed by atoms with E-state index in [4.69, 9.17) is 9.47 Å². The highest BCUT2D eigenvalue weighted by atomic mass is 16.8. The quantitative estimate of drug-likeness (QED) is 0.246. The fourth-order valence-electron chi connectivity index (χ4n) is 5.17. The van der Waals surface area contributed by atoms with Gasteiger partial charge in [0.2, 0.25) is 11.8 Å². The third-order valence-corrected chi connectivity index (χ3v) is 7.36. The van der Waals surface area contributed by atoms with Crippen molar-refractivity contribution in [3.63, 3.8) is 0 Å². The summed E-state index contributed by atoms with van der Waals surface area (Å²) in [5, 5.41) is 7.67. The molecule has 1 atom stereocenters. The zero-order valence-electron chi connectivity index (χ0n) is 23.6. The lowest BCUT2D eigenvalue weighted by molar-refractivity contribution is -0.137. The number of carbonyl (C=O) groups is 2. The summed E-state index contributed by atoms with van der Waals surface area (Å²) in [6, 6.07) is 25.9. The van der Waals surface area contributed by atoms with Gasteiger partial charge in [-0.05, 0) is 55.8 Å². The van der Waals surface area contributed by atoms with Gasteiger partial charge in [-0.2, -0.15) is 0 Å². The standard InChI is InChI=1S/C33H31N5O4/c1-33(2)41-20-27(42-33)38(3)24-16-14-21(15-17-24)28(31(39)36-25-12-4-8-22-10-6-18-34-29(22)25)32(40)37-26-13-5-9-23-11-7-19-35-30(23)26/h4-19,27-28H,20H2,1-3H3,(H,36,39)(H,37,40).